The van der Waals surface area contributed by atoms with Gasteiger partial charge >= 0.3 is 12.4 Å². The molecule has 5 nitrogen and oxygen atoms in total. The van der Waals surface area contributed by atoms with Crippen molar-refractivity contribution in [2.45, 2.75) is 24.4 Å². The van der Waals surface area contributed by atoms with Gasteiger partial charge in [-0.3, -0.25) is 9.36 Å². The van der Waals surface area contributed by atoms with E-state index in [0.29, 0.717) is 28.7 Å². The molecular weight excluding hydrogens is 554 g/mol. The molecule has 0 spiro atoms. The van der Waals surface area contributed by atoms with Gasteiger partial charge in [0, 0.05) is 22.0 Å². The fraction of sp³-hybridized carbons (Fsp3) is 0.160. The van der Waals surface area contributed by atoms with Crippen LogP contribution in [0.5, 0.6) is 0 Å². The molecule has 0 saturated carbocycles. The van der Waals surface area contributed by atoms with Gasteiger partial charge in [-0.15, -0.1) is 10.2 Å². The molecule has 0 aliphatic carbocycles. The molecule has 0 atom stereocenters. The fourth-order valence-electron chi connectivity index (χ4n) is 3.51. The summed E-state index contributed by atoms with van der Waals surface area (Å²) < 4.78 is 80.5. The minimum atomic E-state index is -5.03. The maximum Gasteiger partial charge on any atom is 0.416 e. The SMILES string of the molecule is Cc1cccc(-c2nnc(SCC(=O)Nc3cc(C(F)(F)F)cc(C(F)(F)F)c3)n2-c2ccc(Cl)cc2)c1. The highest BCUT2D eigenvalue weighted by atomic mass is 35.5. The second-order valence-electron chi connectivity index (χ2n) is 8.12. The summed E-state index contributed by atoms with van der Waals surface area (Å²) in [6.07, 6.45) is -10.1. The van der Waals surface area contributed by atoms with E-state index >= 15 is 0 Å². The molecule has 0 aliphatic rings. The number of rotatable bonds is 6. The molecule has 3 aromatic carbocycles. The molecule has 0 radical (unpaired) electrons. The Morgan fingerprint density at radius 2 is 1.55 bits per heavy atom. The Bertz CT molecular complexity index is 1440. The van der Waals surface area contributed by atoms with E-state index in [1.165, 1.54) is 0 Å². The van der Waals surface area contributed by atoms with Crippen molar-refractivity contribution in [1.29, 1.82) is 0 Å². The largest absolute Gasteiger partial charge is 0.416 e. The molecule has 1 aromatic heterocycles. The number of anilines is 1. The van der Waals surface area contributed by atoms with Crippen LogP contribution >= 0.6 is 23.4 Å². The number of carbonyl (C=O) groups is 1. The number of alkyl halides is 6. The van der Waals surface area contributed by atoms with Gasteiger partial charge in [0.2, 0.25) is 5.91 Å². The van der Waals surface area contributed by atoms with Crippen LogP contribution in [-0.4, -0.2) is 26.4 Å². The van der Waals surface area contributed by atoms with E-state index in [0.717, 1.165) is 22.9 Å². The molecule has 1 N–H and O–H groups in total. The summed E-state index contributed by atoms with van der Waals surface area (Å²) >= 11 is 6.92. The van der Waals surface area contributed by atoms with E-state index < -0.39 is 35.1 Å². The lowest BCUT2D eigenvalue weighted by molar-refractivity contribution is -0.143. The van der Waals surface area contributed by atoms with Gasteiger partial charge < -0.3 is 5.32 Å². The lowest BCUT2D eigenvalue weighted by atomic mass is 10.1. The Morgan fingerprint density at radius 1 is 0.921 bits per heavy atom. The van der Waals surface area contributed by atoms with Crippen molar-refractivity contribution in [3.63, 3.8) is 0 Å². The topological polar surface area (TPSA) is 59.8 Å². The fourth-order valence-corrected chi connectivity index (χ4v) is 4.39. The molecule has 0 aliphatic heterocycles. The monoisotopic (exact) mass is 570 g/mol. The molecule has 38 heavy (non-hydrogen) atoms. The lowest BCUT2D eigenvalue weighted by Gasteiger charge is -2.15. The van der Waals surface area contributed by atoms with Crippen molar-refractivity contribution >= 4 is 35.0 Å². The van der Waals surface area contributed by atoms with Crippen LogP contribution in [0.2, 0.25) is 5.02 Å². The van der Waals surface area contributed by atoms with Gasteiger partial charge in [0.25, 0.3) is 0 Å². The third kappa shape index (κ3) is 6.48. The average molecular weight is 571 g/mol. The van der Waals surface area contributed by atoms with E-state index in [4.69, 9.17) is 11.6 Å². The number of aromatic nitrogens is 3. The molecule has 1 amide bonds. The van der Waals surface area contributed by atoms with E-state index in [1.807, 2.05) is 31.2 Å². The molecule has 4 rings (SSSR count). The minimum Gasteiger partial charge on any atom is -0.325 e. The van der Waals surface area contributed by atoms with E-state index in [1.54, 1.807) is 28.8 Å². The van der Waals surface area contributed by atoms with E-state index in [-0.39, 0.29) is 17.0 Å². The summed E-state index contributed by atoms with van der Waals surface area (Å²) in [5.74, 6) is -0.728. The Labute approximate surface area is 221 Å². The molecule has 4 aromatic rings. The minimum absolute atomic E-state index is 0.00811. The molecule has 0 fully saturated rings. The van der Waals surface area contributed by atoms with Crippen LogP contribution in [0.4, 0.5) is 32.0 Å². The number of nitrogens with one attached hydrogen (secondary N) is 1. The van der Waals surface area contributed by atoms with Crippen molar-refractivity contribution in [3.8, 4) is 17.1 Å². The van der Waals surface area contributed by atoms with Crippen LogP contribution in [0.3, 0.4) is 0 Å². The maximum atomic E-state index is 13.1. The van der Waals surface area contributed by atoms with Gasteiger partial charge in [-0.25, -0.2) is 0 Å². The molecule has 0 saturated heterocycles. The van der Waals surface area contributed by atoms with Crippen LogP contribution in [-0.2, 0) is 17.1 Å². The zero-order chi connectivity index (χ0) is 27.7. The standard InChI is InChI=1S/C25H17ClF6N4OS/c1-14-3-2-4-15(9-14)22-34-35-23(36(22)20-7-5-18(26)6-8-20)38-13-21(37)33-19-11-16(24(27,28)29)10-17(12-19)25(30,31)32/h2-12H,13H2,1H3,(H,33,37). The lowest BCUT2D eigenvalue weighted by Crippen LogP contribution is -2.17. The summed E-state index contributed by atoms with van der Waals surface area (Å²) in [5.41, 5.74) is -1.33. The maximum absolute atomic E-state index is 13.1. The third-order valence-electron chi connectivity index (χ3n) is 5.20. The first-order valence-corrected chi connectivity index (χ1v) is 12.2. The van der Waals surface area contributed by atoms with Gasteiger partial charge in [-0.2, -0.15) is 26.3 Å². The number of halogens is 7. The van der Waals surface area contributed by atoms with Crippen molar-refractivity contribution in [1.82, 2.24) is 14.8 Å². The van der Waals surface area contributed by atoms with Crippen LogP contribution in [0, 0.1) is 6.92 Å². The summed E-state index contributed by atoms with van der Waals surface area (Å²) in [6.45, 7) is 1.91. The Morgan fingerprint density at radius 3 is 2.13 bits per heavy atom. The van der Waals surface area contributed by atoms with Gasteiger partial charge in [0.1, 0.15) is 0 Å². The van der Waals surface area contributed by atoms with Gasteiger partial charge in [-0.1, -0.05) is 47.1 Å². The van der Waals surface area contributed by atoms with E-state index in [2.05, 4.69) is 15.5 Å². The highest BCUT2D eigenvalue weighted by Crippen LogP contribution is 2.37. The normalized spacial score (nSPS) is 12.0. The highest BCUT2D eigenvalue weighted by Gasteiger charge is 2.37. The van der Waals surface area contributed by atoms with Gasteiger partial charge in [0.05, 0.1) is 16.9 Å². The van der Waals surface area contributed by atoms with E-state index in [9.17, 15) is 31.1 Å². The smallest absolute Gasteiger partial charge is 0.325 e. The number of hydrogen-bond donors (Lipinski definition) is 1. The Hall–Kier alpha value is -3.51. The first kappa shape index (κ1) is 27.5. The summed E-state index contributed by atoms with van der Waals surface area (Å²) in [5, 5.41) is 11.3. The van der Waals surface area contributed by atoms with Crippen molar-refractivity contribution in [2.75, 3.05) is 11.1 Å². The number of thioether (sulfide) groups is 1. The predicted octanol–water partition coefficient (Wildman–Crippen LogP) is 7.66. The summed E-state index contributed by atoms with van der Waals surface area (Å²) in [4.78, 5) is 12.6. The molecule has 0 bridgehead atoms. The van der Waals surface area contributed by atoms with Crippen molar-refractivity contribution in [3.05, 3.63) is 88.4 Å². The Kier molecular flexibility index (Phi) is 7.75. The number of nitrogens with zero attached hydrogens (tertiary/aromatic N) is 3. The van der Waals surface area contributed by atoms with Crippen molar-refractivity contribution < 1.29 is 31.1 Å². The number of carbonyl (C=O) groups excluding carboxylic acids is 1. The van der Waals surface area contributed by atoms with Crippen molar-refractivity contribution in [2.24, 2.45) is 0 Å². The second-order valence-corrected chi connectivity index (χ2v) is 9.50. The first-order chi connectivity index (χ1) is 17.8. The molecular formula is C25H17ClF6N4OS. The number of amides is 1. The number of hydrogen-bond acceptors (Lipinski definition) is 4. The first-order valence-electron chi connectivity index (χ1n) is 10.8. The zero-order valence-corrected chi connectivity index (χ0v) is 20.9. The predicted molar refractivity (Wildman–Crippen MR) is 132 cm³/mol. The van der Waals surface area contributed by atoms with Gasteiger partial charge in [0.15, 0.2) is 11.0 Å². The summed E-state index contributed by atoms with van der Waals surface area (Å²) in [7, 11) is 0. The number of benzene rings is 3. The quantitative estimate of drug-likeness (QED) is 0.191. The zero-order valence-electron chi connectivity index (χ0n) is 19.4. The average Bonchev–Trinajstić information content (AvgIpc) is 3.26. The Balaban J connectivity index is 1.60. The molecule has 198 valence electrons. The van der Waals surface area contributed by atoms with Crippen LogP contribution in [0.25, 0.3) is 17.1 Å². The van der Waals surface area contributed by atoms with Gasteiger partial charge in [-0.05, 0) is 55.5 Å². The second kappa shape index (κ2) is 10.7. The van der Waals surface area contributed by atoms with Crippen LogP contribution < -0.4 is 5.32 Å². The number of aryl methyl sites for hydroxylation is 1. The third-order valence-corrected chi connectivity index (χ3v) is 6.38. The molecule has 1 heterocycles. The summed E-state index contributed by atoms with van der Waals surface area (Å²) in [6, 6.07) is 15.1. The molecule has 13 heteroatoms. The molecule has 0 unspecified atom stereocenters. The van der Waals surface area contributed by atoms with Crippen LogP contribution in [0.1, 0.15) is 16.7 Å². The highest BCUT2D eigenvalue weighted by molar-refractivity contribution is 7.99. The van der Waals surface area contributed by atoms with Crippen LogP contribution in [0.15, 0.2) is 71.9 Å².